The molecule has 3 nitrogen and oxygen atoms in total. The Morgan fingerprint density at radius 2 is 1.24 bits per heavy atom. The highest BCUT2D eigenvalue weighted by molar-refractivity contribution is 6.84. The van der Waals surface area contributed by atoms with Gasteiger partial charge in [-0.1, -0.05) is 176 Å². The molecule has 0 saturated heterocycles. The summed E-state index contributed by atoms with van der Waals surface area (Å²) in [6.07, 6.45) is 9.35. The Morgan fingerprint density at radius 3 is 1.76 bits per heavy atom. The van der Waals surface area contributed by atoms with Gasteiger partial charge in [-0.25, -0.2) is 4.98 Å². The average molecular weight is 605 g/mol. The van der Waals surface area contributed by atoms with E-state index >= 15 is 0 Å². The van der Waals surface area contributed by atoms with Gasteiger partial charge in [-0.2, -0.15) is 0 Å². The molecule has 0 fully saturated rings. The lowest BCUT2D eigenvalue weighted by Gasteiger charge is -2.36. The second kappa shape index (κ2) is 16.5. The number of imidazole rings is 1. The first-order valence-electron chi connectivity index (χ1n) is 15.9. The van der Waals surface area contributed by atoms with Crippen LogP contribution in [0.25, 0.3) is 0 Å². The van der Waals surface area contributed by atoms with Crippen molar-refractivity contribution >= 4 is 32.3 Å². The highest BCUT2D eigenvalue weighted by atomic mass is 28.2. The number of benzene rings is 5. The van der Waals surface area contributed by atoms with Crippen LogP contribution in [-0.2, 0) is 5.16 Å². The third kappa shape index (κ3) is 8.31. The molecule has 0 aliphatic heterocycles. The highest BCUT2D eigenvalue weighted by Gasteiger charge is 2.37. The normalized spacial score (nSPS) is 10.9. The molecule has 1 heterocycles. The van der Waals surface area contributed by atoms with E-state index in [2.05, 4.69) is 175 Å². The predicted molar refractivity (Wildman–Crippen MR) is 192 cm³/mol. The summed E-state index contributed by atoms with van der Waals surface area (Å²) >= 11 is 0. The zero-order chi connectivity index (χ0) is 31.2. The second-order valence-electron chi connectivity index (χ2n) is 11.2. The van der Waals surface area contributed by atoms with Gasteiger partial charge in [0.1, 0.15) is 15.3 Å². The highest BCUT2D eigenvalue weighted by Crippen LogP contribution is 2.33. The van der Waals surface area contributed by atoms with Crippen LogP contribution in [0.2, 0.25) is 6.82 Å². The van der Waals surface area contributed by atoms with E-state index in [0.717, 1.165) is 18.8 Å². The van der Waals surface area contributed by atoms with Gasteiger partial charge in [0.25, 0.3) is 0 Å². The predicted octanol–water partition coefficient (Wildman–Crippen LogP) is 7.16. The van der Waals surface area contributed by atoms with Gasteiger partial charge in [0.15, 0.2) is 0 Å². The summed E-state index contributed by atoms with van der Waals surface area (Å²) in [4.78, 5) is 4.40. The molecule has 5 aromatic carbocycles. The molecular formula is C40H41BN2OSi. The third-order valence-corrected chi connectivity index (χ3v) is 9.85. The Morgan fingerprint density at radius 1 is 0.689 bits per heavy atom. The maximum atomic E-state index is 6.05. The zero-order valence-electron chi connectivity index (χ0n) is 26.3. The molecular weight excluding hydrogens is 563 g/mol. The summed E-state index contributed by atoms with van der Waals surface area (Å²) in [7, 11) is 0.460. The maximum absolute atomic E-state index is 6.05. The summed E-state index contributed by atoms with van der Waals surface area (Å²) in [6, 6.07) is 51.2. The number of hydrogen-bond donors (Lipinski definition) is 0. The largest absolute Gasteiger partial charge is 0.494 e. The van der Waals surface area contributed by atoms with Crippen molar-refractivity contribution < 1.29 is 4.74 Å². The van der Waals surface area contributed by atoms with E-state index in [1.54, 1.807) is 0 Å². The van der Waals surface area contributed by atoms with E-state index < -0.39 is 0 Å². The molecule has 0 aliphatic carbocycles. The first-order valence-corrected chi connectivity index (χ1v) is 16.9. The van der Waals surface area contributed by atoms with Gasteiger partial charge >= 0.3 is 0 Å². The molecule has 5 heteroatoms. The van der Waals surface area contributed by atoms with E-state index in [4.69, 9.17) is 4.74 Å². The molecule has 45 heavy (non-hydrogen) atoms. The Bertz CT molecular complexity index is 1580. The van der Waals surface area contributed by atoms with E-state index in [9.17, 15) is 0 Å². The molecule has 6 aromatic rings. The van der Waals surface area contributed by atoms with E-state index in [-0.39, 0.29) is 5.16 Å². The number of hydrogen-bond acceptors (Lipinski definition) is 2. The minimum Gasteiger partial charge on any atom is -0.494 e. The molecule has 224 valence electrons. The topological polar surface area (TPSA) is 27.1 Å². The number of aromatic nitrogens is 2. The molecule has 0 amide bonds. The maximum Gasteiger partial charge on any atom is 0.206 e. The minimum absolute atomic E-state index is 0.375. The van der Waals surface area contributed by atoms with Crippen molar-refractivity contribution in [2.75, 3.05) is 6.61 Å². The molecule has 0 bridgehead atoms. The first kappa shape index (κ1) is 31.8. The van der Waals surface area contributed by atoms with Crippen molar-refractivity contribution in [1.82, 2.24) is 9.55 Å². The number of rotatable bonds is 12. The summed E-state index contributed by atoms with van der Waals surface area (Å²) in [5.41, 5.74) is 5.23. The van der Waals surface area contributed by atoms with Crippen LogP contribution in [0, 0.1) is 0 Å². The van der Waals surface area contributed by atoms with E-state index in [1.165, 1.54) is 40.1 Å². The Kier molecular flexibility index (Phi) is 11.6. The van der Waals surface area contributed by atoms with Crippen LogP contribution in [0.3, 0.4) is 0 Å². The number of unbranched alkanes of at least 4 members (excludes halogenated alkanes) is 2. The van der Waals surface area contributed by atoms with Gasteiger partial charge in [-0.3, -0.25) is 0 Å². The molecule has 0 spiro atoms. The second-order valence-corrected chi connectivity index (χ2v) is 12.7. The Labute approximate surface area is 271 Å². The zero-order valence-corrected chi connectivity index (χ0v) is 27.3. The van der Waals surface area contributed by atoms with Gasteiger partial charge in [0.05, 0.1) is 18.1 Å². The average Bonchev–Trinajstić information content (AvgIpc) is 3.67. The van der Waals surface area contributed by atoms with Crippen LogP contribution < -0.4 is 20.8 Å². The van der Waals surface area contributed by atoms with Crippen LogP contribution in [0.1, 0.15) is 37.3 Å². The van der Waals surface area contributed by atoms with Gasteiger partial charge < -0.3 is 9.30 Å². The van der Waals surface area contributed by atoms with Gasteiger partial charge in [-0.05, 0) is 29.7 Å². The number of nitrogens with zero attached hydrogens (tertiary/aromatic N) is 2. The van der Waals surface area contributed by atoms with Crippen molar-refractivity contribution in [2.45, 2.75) is 38.2 Å². The van der Waals surface area contributed by atoms with E-state index in [0.29, 0.717) is 16.2 Å². The fraction of sp³-hybridized carbons (Fsp3) is 0.175. The van der Waals surface area contributed by atoms with Crippen molar-refractivity contribution in [3.05, 3.63) is 175 Å². The molecule has 0 aliphatic rings. The molecule has 6 rings (SSSR count). The monoisotopic (exact) mass is 604 g/mol. The van der Waals surface area contributed by atoms with Crippen molar-refractivity contribution in [3.63, 3.8) is 0 Å². The fourth-order valence-corrected chi connectivity index (χ4v) is 7.28. The molecule has 1 aromatic heterocycles. The summed E-state index contributed by atoms with van der Waals surface area (Å²) < 4.78 is 8.29. The van der Waals surface area contributed by atoms with Crippen LogP contribution in [-0.4, -0.2) is 32.4 Å². The van der Waals surface area contributed by atoms with Gasteiger partial charge in [0, 0.05) is 12.4 Å². The van der Waals surface area contributed by atoms with Crippen LogP contribution in [0.5, 0.6) is 5.75 Å². The van der Waals surface area contributed by atoms with Crippen molar-refractivity contribution in [2.24, 2.45) is 0 Å². The van der Waals surface area contributed by atoms with Gasteiger partial charge in [-0.15, -0.1) is 0 Å². The smallest absolute Gasteiger partial charge is 0.206 e. The summed E-state index contributed by atoms with van der Waals surface area (Å²) in [5.74, 6) is 0.946. The Balaban J connectivity index is 0.000000238. The SMILES string of the molecule is CB(c1ccccc1)c1ccccc1.CCCCCOc1cccc([Si]C(c2ccccc2)(c2ccccc2)n2ccnc2)c1. The minimum atomic E-state index is -0.375. The van der Waals surface area contributed by atoms with Crippen molar-refractivity contribution in [1.29, 1.82) is 0 Å². The quantitative estimate of drug-likeness (QED) is 0.110. The third-order valence-electron chi connectivity index (χ3n) is 8.05. The van der Waals surface area contributed by atoms with E-state index in [1.807, 2.05) is 12.5 Å². The fourth-order valence-electron chi connectivity index (χ4n) is 5.58. The lowest BCUT2D eigenvalue weighted by atomic mass is 9.43. The molecule has 2 radical (unpaired) electrons. The summed E-state index contributed by atoms with van der Waals surface area (Å²) in [6.45, 7) is 5.71. The van der Waals surface area contributed by atoms with Crippen LogP contribution in [0.4, 0.5) is 0 Å². The van der Waals surface area contributed by atoms with Crippen LogP contribution in [0.15, 0.2) is 164 Å². The lowest BCUT2D eigenvalue weighted by molar-refractivity contribution is 0.306. The molecule has 0 N–H and O–H groups in total. The molecule has 0 atom stereocenters. The molecule has 0 saturated carbocycles. The first-order chi connectivity index (χ1) is 22.2. The van der Waals surface area contributed by atoms with Crippen molar-refractivity contribution in [3.8, 4) is 5.75 Å². The standard InChI is InChI=1S/C27H28N2OSi.C13H13B/c1-2-3-10-20-30-25-16-11-17-26(21-25)31-27(29-19-18-28-22-29,23-12-6-4-7-13-23)24-14-8-5-9-15-24;1-14(12-8-4-2-5-9-12)13-10-6-3-7-11-13/h4-9,11-19,21-22H,2-3,10,20H2,1H3;2-11H,1H3. The lowest BCUT2D eigenvalue weighted by Crippen LogP contribution is -2.46. The van der Waals surface area contributed by atoms with Gasteiger partial charge in [0.2, 0.25) is 6.71 Å². The van der Waals surface area contributed by atoms with Crippen LogP contribution >= 0.6 is 0 Å². The Hall–Kier alpha value is -4.61. The molecule has 0 unspecified atom stereocenters. The summed E-state index contributed by atoms with van der Waals surface area (Å²) in [5, 5.41) is 0.884. The number of ether oxygens (including phenoxy) is 1.